The Morgan fingerprint density at radius 1 is 1.08 bits per heavy atom. The molecule has 0 bridgehead atoms. The molecule has 0 saturated carbocycles. The molecule has 0 radical (unpaired) electrons. The van der Waals surface area contributed by atoms with Crippen molar-refractivity contribution in [2.75, 3.05) is 5.01 Å². The number of hydrogen-bond acceptors (Lipinski definition) is 4. The Hall–Kier alpha value is -2.73. The lowest BCUT2D eigenvalue weighted by molar-refractivity contribution is -0.138. The fourth-order valence-corrected chi connectivity index (χ4v) is 3.00. The number of anilines is 1. The van der Waals surface area contributed by atoms with E-state index in [4.69, 9.17) is 17.0 Å². The number of ether oxygens (including phenoxy) is 1. The van der Waals surface area contributed by atoms with Crippen molar-refractivity contribution in [3.05, 3.63) is 66.2 Å². The lowest BCUT2D eigenvalue weighted by Gasteiger charge is -2.29. The Morgan fingerprint density at radius 3 is 2.17 bits per heavy atom. The number of nitrogens with zero attached hydrogens (tertiary/aromatic N) is 2. The van der Waals surface area contributed by atoms with Gasteiger partial charge in [0.1, 0.15) is 0 Å². The molecule has 6 heteroatoms. The molecule has 1 aliphatic heterocycles. The number of rotatable bonds is 3. The third kappa shape index (κ3) is 2.55. The molecule has 0 N–H and O–H groups in total. The van der Waals surface area contributed by atoms with Gasteiger partial charge >= 0.3 is 0 Å². The van der Waals surface area contributed by atoms with Gasteiger partial charge in [0, 0.05) is 12.5 Å². The molecule has 0 spiro atoms. The van der Waals surface area contributed by atoms with Crippen LogP contribution >= 0.6 is 12.2 Å². The van der Waals surface area contributed by atoms with Gasteiger partial charge in [0.25, 0.3) is 11.1 Å². The van der Waals surface area contributed by atoms with Crippen molar-refractivity contribution in [1.82, 2.24) is 5.01 Å². The maximum absolute atomic E-state index is 13.1. The molecule has 122 valence electrons. The van der Waals surface area contributed by atoms with Crippen molar-refractivity contribution in [3.8, 4) is 0 Å². The van der Waals surface area contributed by atoms with Gasteiger partial charge < -0.3 is 4.74 Å². The van der Waals surface area contributed by atoms with E-state index in [1.807, 2.05) is 24.3 Å². The SMILES string of the molecule is CC(=O)N(c1ccccc1)N1C(=O)C(C)(c2ccccc2)OC1=S. The number of amides is 2. The van der Waals surface area contributed by atoms with Crippen LogP contribution < -0.4 is 5.01 Å². The first-order chi connectivity index (χ1) is 11.4. The number of thiocarbonyl (C=S) groups is 1. The monoisotopic (exact) mass is 340 g/mol. The highest BCUT2D eigenvalue weighted by Gasteiger charge is 2.52. The predicted octanol–water partition coefficient (Wildman–Crippen LogP) is 3.01. The van der Waals surface area contributed by atoms with Crippen molar-refractivity contribution < 1.29 is 14.3 Å². The van der Waals surface area contributed by atoms with Gasteiger partial charge in [0.05, 0.1) is 5.69 Å². The van der Waals surface area contributed by atoms with Crippen LogP contribution in [0.15, 0.2) is 60.7 Å². The second kappa shape index (κ2) is 6.05. The molecule has 0 aromatic heterocycles. The summed E-state index contributed by atoms with van der Waals surface area (Å²) in [5, 5.41) is 2.31. The van der Waals surface area contributed by atoms with Gasteiger partial charge in [-0.1, -0.05) is 48.5 Å². The predicted molar refractivity (Wildman–Crippen MR) is 93.9 cm³/mol. The topological polar surface area (TPSA) is 49.9 Å². The van der Waals surface area contributed by atoms with E-state index >= 15 is 0 Å². The number of benzene rings is 2. The molecule has 1 saturated heterocycles. The Labute approximate surface area is 145 Å². The van der Waals surface area contributed by atoms with Crippen molar-refractivity contribution in [2.24, 2.45) is 0 Å². The van der Waals surface area contributed by atoms with Crippen LogP contribution in [0.2, 0.25) is 0 Å². The lowest BCUT2D eigenvalue weighted by Crippen LogP contribution is -2.50. The summed E-state index contributed by atoms with van der Waals surface area (Å²) < 4.78 is 5.73. The van der Waals surface area contributed by atoms with Gasteiger partial charge in [-0.15, -0.1) is 0 Å². The highest BCUT2D eigenvalue weighted by Crippen LogP contribution is 2.36. The van der Waals surface area contributed by atoms with Crippen molar-refractivity contribution in [2.45, 2.75) is 19.4 Å². The molecule has 2 aromatic rings. The molecule has 1 atom stereocenters. The summed E-state index contributed by atoms with van der Waals surface area (Å²) in [6.45, 7) is 3.03. The third-order valence-corrected chi connectivity index (χ3v) is 4.14. The van der Waals surface area contributed by atoms with Crippen LogP contribution in [0.3, 0.4) is 0 Å². The molecule has 2 aromatic carbocycles. The van der Waals surface area contributed by atoms with Crippen LogP contribution in [0.4, 0.5) is 5.69 Å². The minimum Gasteiger partial charge on any atom is -0.448 e. The van der Waals surface area contributed by atoms with Gasteiger partial charge in [0.2, 0.25) is 11.5 Å². The van der Waals surface area contributed by atoms with E-state index in [0.717, 1.165) is 5.01 Å². The molecule has 1 aliphatic rings. The molecule has 5 nitrogen and oxygen atoms in total. The highest BCUT2D eigenvalue weighted by atomic mass is 32.1. The Morgan fingerprint density at radius 2 is 1.62 bits per heavy atom. The second-order valence-electron chi connectivity index (χ2n) is 5.55. The van der Waals surface area contributed by atoms with E-state index in [2.05, 4.69) is 0 Å². The number of carbonyl (C=O) groups is 2. The summed E-state index contributed by atoms with van der Waals surface area (Å²) in [5.41, 5.74) is -0.0427. The molecule has 24 heavy (non-hydrogen) atoms. The van der Waals surface area contributed by atoms with Gasteiger partial charge in [0.15, 0.2) is 0 Å². The fourth-order valence-electron chi connectivity index (χ4n) is 2.66. The molecule has 1 fully saturated rings. The summed E-state index contributed by atoms with van der Waals surface area (Å²) in [4.78, 5) is 25.3. The quantitative estimate of drug-likeness (QED) is 0.806. The average Bonchev–Trinajstić information content (AvgIpc) is 2.81. The Bertz CT molecular complexity index is 794. The van der Waals surface area contributed by atoms with Crippen LogP contribution in [-0.2, 0) is 19.9 Å². The van der Waals surface area contributed by atoms with Gasteiger partial charge in [-0.2, -0.15) is 5.01 Å². The average molecular weight is 340 g/mol. The zero-order chi connectivity index (χ0) is 17.3. The van der Waals surface area contributed by atoms with E-state index in [0.29, 0.717) is 11.3 Å². The third-order valence-electron chi connectivity index (χ3n) is 3.89. The maximum Gasteiger partial charge on any atom is 0.298 e. The summed E-state index contributed by atoms with van der Waals surface area (Å²) in [5.74, 6) is -0.740. The first kappa shape index (κ1) is 16.1. The van der Waals surface area contributed by atoms with Crippen LogP contribution in [-0.4, -0.2) is 22.0 Å². The summed E-state index contributed by atoms with van der Waals surface area (Å²) in [7, 11) is 0. The zero-order valence-corrected chi connectivity index (χ0v) is 14.1. The van der Waals surface area contributed by atoms with Crippen molar-refractivity contribution in [1.29, 1.82) is 0 Å². The van der Waals surface area contributed by atoms with Crippen LogP contribution in [0.1, 0.15) is 19.4 Å². The number of para-hydroxylation sites is 1. The number of hydrogen-bond donors (Lipinski definition) is 0. The fraction of sp³-hybridized carbons (Fsp3) is 0.167. The maximum atomic E-state index is 13.1. The highest BCUT2D eigenvalue weighted by molar-refractivity contribution is 7.80. The van der Waals surface area contributed by atoms with E-state index in [-0.39, 0.29) is 11.1 Å². The van der Waals surface area contributed by atoms with E-state index < -0.39 is 11.5 Å². The van der Waals surface area contributed by atoms with Crippen molar-refractivity contribution in [3.63, 3.8) is 0 Å². The van der Waals surface area contributed by atoms with E-state index in [1.165, 1.54) is 11.9 Å². The van der Waals surface area contributed by atoms with Crippen LogP contribution in [0.25, 0.3) is 0 Å². The summed E-state index contributed by atoms with van der Waals surface area (Å²) in [6.07, 6.45) is 0. The molecule has 0 aliphatic carbocycles. The van der Waals surface area contributed by atoms with E-state index in [9.17, 15) is 9.59 Å². The molecular weight excluding hydrogens is 324 g/mol. The molecule has 1 unspecified atom stereocenters. The molecule has 3 rings (SSSR count). The minimum atomic E-state index is -1.26. The second-order valence-corrected chi connectivity index (χ2v) is 5.90. The first-order valence-electron chi connectivity index (χ1n) is 7.44. The van der Waals surface area contributed by atoms with Gasteiger partial charge in [-0.25, -0.2) is 5.01 Å². The molecular formula is C18H16N2O3S. The largest absolute Gasteiger partial charge is 0.448 e. The zero-order valence-electron chi connectivity index (χ0n) is 13.3. The van der Waals surface area contributed by atoms with E-state index in [1.54, 1.807) is 43.3 Å². The minimum absolute atomic E-state index is 0.0505. The number of hydrazine groups is 1. The first-order valence-corrected chi connectivity index (χ1v) is 7.84. The number of carbonyl (C=O) groups excluding carboxylic acids is 2. The normalized spacial score (nSPS) is 20.0. The molecule has 2 amide bonds. The van der Waals surface area contributed by atoms with Crippen LogP contribution in [0, 0.1) is 0 Å². The lowest BCUT2D eigenvalue weighted by atomic mass is 9.95. The Balaban J connectivity index is 2.04. The van der Waals surface area contributed by atoms with Gasteiger partial charge in [-0.3, -0.25) is 9.59 Å². The smallest absolute Gasteiger partial charge is 0.298 e. The standard InChI is InChI=1S/C18H16N2O3S/c1-13(21)19(15-11-7-4-8-12-15)20-16(22)18(2,23-17(20)24)14-9-5-3-6-10-14/h3-12H,1-2H3. The van der Waals surface area contributed by atoms with Gasteiger partial charge in [-0.05, 0) is 31.3 Å². The molecule has 1 heterocycles. The Kier molecular flexibility index (Phi) is 4.07. The summed E-state index contributed by atoms with van der Waals surface area (Å²) in [6, 6.07) is 18.0. The summed E-state index contributed by atoms with van der Waals surface area (Å²) >= 11 is 5.25. The van der Waals surface area contributed by atoms with Crippen LogP contribution in [0.5, 0.6) is 0 Å². The van der Waals surface area contributed by atoms with Crippen molar-refractivity contribution >= 4 is 34.9 Å².